The van der Waals surface area contributed by atoms with Gasteiger partial charge in [-0.05, 0) is 44.7 Å². The molecule has 2 rings (SSSR count). The van der Waals surface area contributed by atoms with E-state index in [4.69, 9.17) is 14.6 Å². The van der Waals surface area contributed by atoms with Crippen molar-refractivity contribution >= 4 is 23.8 Å². The molecule has 0 spiro atoms. The fourth-order valence-electron chi connectivity index (χ4n) is 3.32. The molecule has 3 atom stereocenters. The second-order valence-corrected chi connectivity index (χ2v) is 9.54. The summed E-state index contributed by atoms with van der Waals surface area (Å²) in [5.41, 5.74) is 0.784. The van der Waals surface area contributed by atoms with Crippen LogP contribution in [0.25, 0.3) is 0 Å². The molecule has 0 bridgehead atoms. The van der Waals surface area contributed by atoms with Crippen molar-refractivity contribution in [3.05, 3.63) is 71.8 Å². The van der Waals surface area contributed by atoms with Crippen molar-refractivity contribution < 1.29 is 38.9 Å². The van der Waals surface area contributed by atoms with E-state index in [0.29, 0.717) is 0 Å². The Balaban J connectivity index is 2.22. The molecule has 37 heavy (non-hydrogen) atoms. The van der Waals surface area contributed by atoms with E-state index >= 15 is 0 Å². The van der Waals surface area contributed by atoms with Crippen LogP contribution in [0.1, 0.15) is 38.3 Å². The Kier molecular flexibility index (Phi) is 11.2. The minimum atomic E-state index is -1.61. The Bertz CT molecular complexity index is 1040. The highest BCUT2D eigenvalue weighted by Gasteiger charge is 2.30. The number of aliphatic carboxylic acids is 1. The highest BCUT2D eigenvalue weighted by atomic mass is 16.7. The number of hydrogen-bond donors (Lipinski definition) is 4. The van der Waals surface area contributed by atoms with Gasteiger partial charge in [-0.15, -0.1) is 0 Å². The van der Waals surface area contributed by atoms with E-state index < -0.39 is 60.8 Å². The van der Waals surface area contributed by atoms with Crippen molar-refractivity contribution in [3.63, 3.8) is 0 Å². The number of esters is 2. The predicted octanol–water partition coefficient (Wildman–Crippen LogP) is 1.80. The SMILES string of the molecule is CC(C)(C)C(=O)OCOC(=O)C(Cc1ccccc1)N[C@@H](Cc1ccccc1)C(=O)NC(O)CC(=O)O. The van der Waals surface area contributed by atoms with Crippen molar-refractivity contribution in [3.8, 4) is 0 Å². The molecule has 0 fully saturated rings. The Morgan fingerprint density at radius 2 is 1.35 bits per heavy atom. The zero-order valence-electron chi connectivity index (χ0n) is 21.2. The van der Waals surface area contributed by atoms with E-state index in [0.717, 1.165) is 11.1 Å². The maximum absolute atomic E-state index is 13.0. The van der Waals surface area contributed by atoms with Crippen LogP contribution in [0.2, 0.25) is 0 Å². The summed E-state index contributed by atoms with van der Waals surface area (Å²) in [5, 5.41) is 24.1. The standard InChI is InChI=1S/C27H34N2O8/c1-27(2,3)26(35)37-17-36-25(34)21(15-19-12-8-5-9-13-19)28-20(14-18-10-6-4-7-11-18)24(33)29-22(30)16-23(31)32/h4-13,20-22,28,30H,14-17H2,1-3H3,(H,29,33)(H,31,32)/t20-,21?,22?/m0/s1. The molecule has 2 aromatic rings. The lowest BCUT2D eigenvalue weighted by atomic mass is 9.98. The van der Waals surface area contributed by atoms with Crippen LogP contribution in [0.3, 0.4) is 0 Å². The van der Waals surface area contributed by atoms with Gasteiger partial charge in [-0.25, -0.2) is 0 Å². The molecule has 0 aromatic heterocycles. The molecule has 1 amide bonds. The van der Waals surface area contributed by atoms with Crippen LogP contribution < -0.4 is 10.6 Å². The molecule has 2 aromatic carbocycles. The average molecular weight is 515 g/mol. The maximum Gasteiger partial charge on any atom is 0.326 e. The number of carboxylic acids is 1. The van der Waals surface area contributed by atoms with E-state index in [1.54, 1.807) is 57.2 Å². The van der Waals surface area contributed by atoms with Gasteiger partial charge in [0, 0.05) is 0 Å². The molecule has 0 saturated heterocycles. The van der Waals surface area contributed by atoms with Crippen molar-refractivity contribution in [1.29, 1.82) is 0 Å². The third-order valence-corrected chi connectivity index (χ3v) is 5.25. The molecular formula is C27H34N2O8. The first-order chi connectivity index (χ1) is 17.5. The van der Waals surface area contributed by atoms with Gasteiger partial charge in [-0.3, -0.25) is 24.5 Å². The van der Waals surface area contributed by atoms with Gasteiger partial charge in [-0.2, -0.15) is 0 Å². The molecule has 0 saturated carbocycles. The monoisotopic (exact) mass is 514 g/mol. The van der Waals surface area contributed by atoms with Gasteiger partial charge in [0.15, 0.2) is 0 Å². The molecule has 0 radical (unpaired) electrons. The average Bonchev–Trinajstić information content (AvgIpc) is 2.83. The first kappa shape index (κ1) is 29.5. The van der Waals surface area contributed by atoms with Gasteiger partial charge in [-0.1, -0.05) is 60.7 Å². The lowest BCUT2D eigenvalue weighted by molar-refractivity contribution is -0.174. The number of ether oxygens (including phenoxy) is 2. The van der Waals surface area contributed by atoms with Gasteiger partial charge in [0.25, 0.3) is 0 Å². The summed E-state index contributed by atoms with van der Waals surface area (Å²) in [5.74, 6) is -3.26. The fraction of sp³-hybridized carbons (Fsp3) is 0.407. The molecule has 0 aliphatic heterocycles. The minimum absolute atomic E-state index is 0.143. The maximum atomic E-state index is 13.0. The van der Waals surface area contributed by atoms with Crippen molar-refractivity contribution in [1.82, 2.24) is 10.6 Å². The number of nitrogens with one attached hydrogen (secondary N) is 2. The Labute approximate surface area is 216 Å². The van der Waals surface area contributed by atoms with E-state index in [1.807, 2.05) is 24.3 Å². The third kappa shape index (κ3) is 10.8. The predicted molar refractivity (Wildman–Crippen MR) is 134 cm³/mol. The highest BCUT2D eigenvalue weighted by molar-refractivity contribution is 5.84. The number of hydrogen-bond acceptors (Lipinski definition) is 8. The molecule has 4 N–H and O–H groups in total. The van der Waals surface area contributed by atoms with Crippen LogP contribution in [0.15, 0.2) is 60.7 Å². The van der Waals surface area contributed by atoms with Gasteiger partial charge in [0.2, 0.25) is 12.7 Å². The topological polar surface area (TPSA) is 151 Å². The molecule has 10 nitrogen and oxygen atoms in total. The number of amides is 1. The lowest BCUT2D eigenvalue weighted by Gasteiger charge is -2.25. The van der Waals surface area contributed by atoms with Crippen LogP contribution in [-0.4, -0.2) is 59.1 Å². The summed E-state index contributed by atoms with van der Waals surface area (Å²) < 4.78 is 10.2. The molecule has 200 valence electrons. The number of carbonyl (C=O) groups excluding carboxylic acids is 3. The van der Waals surface area contributed by atoms with Crippen molar-refractivity contribution in [2.75, 3.05) is 6.79 Å². The summed E-state index contributed by atoms with van der Waals surface area (Å²) in [4.78, 5) is 49.0. The Hall–Kier alpha value is -3.76. The van der Waals surface area contributed by atoms with E-state index in [9.17, 15) is 24.3 Å². The molecule has 0 aliphatic carbocycles. The van der Waals surface area contributed by atoms with E-state index in [1.165, 1.54) is 0 Å². The van der Waals surface area contributed by atoms with Crippen LogP contribution in [0, 0.1) is 5.41 Å². The van der Waals surface area contributed by atoms with Gasteiger partial charge in [0.05, 0.1) is 17.9 Å². The number of benzene rings is 2. The second kappa shape index (κ2) is 14.1. The number of aliphatic hydroxyl groups excluding tert-OH is 1. The molecule has 0 aliphatic rings. The smallest absolute Gasteiger partial charge is 0.326 e. The summed E-state index contributed by atoms with van der Waals surface area (Å²) >= 11 is 0. The van der Waals surface area contributed by atoms with Gasteiger partial charge >= 0.3 is 17.9 Å². The Morgan fingerprint density at radius 3 is 1.84 bits per heavy atom. The normalized spacial score (nSPS) is 13.6. The van der Waals surface area contributed by atoms with Crippen molar-refractivity contribution in [2.24, 2.45) is 5.41 Å². The van der Waals surface area contributed by atoms with Crippen molar-refractivity contribution in [2.45, 2.75) is 58.3 Å². The summed E-state index contributed by atoms with van der Waals surface area (Å²) in [7, 11) is 0. The van der Waals surface area contributed by atoms with Crippen LogP contribution in [0.4, 0.5) is 0 Å². The second-order valence-electron chi connectivity index (χ2n) is 9.54. The fourth-order valence-corrected chi connectivity index (χ4v) is 3.32. The molecule has 2 unspecified atom stereocenters. The zero-order valence-corrected chi connectivity index (χ0v) is 21.2. The summed E-state index contributed by atoms with van der Waals surface area (Å²) in [6, 6.07) is 16.0. The lowest BCUT2D eigenvalue weighted by Crippen LogP contribution is -2.55. The third-order valence-electron chi connectivity index (χ3n) is 5.25. The van der Waals surface area contributed by atoms with E-state index in [-0.39, 0.29) is 12.8 Å². The molecular weight excluding hydrogens is 480 g/mol. The summed E-state index contributed by atoms with van der Waals surface area (Å²) in [6.45, 7) is 4.42. The number of carbonyl (C=O) groups is 4. The quantitative estimate of drug-likeness (QED) is 0.232. The number of carboxylic acid groups (broad SMARTS) is 1. The molecule has 0 heterocycles. The minimum Gasteiger partial charge on any atom is -0.481 e. The van der Waals surface area contributed by atoms with E-state index in [2.05, 4.69) is 10.6 Å². The summed E-state index contributed by atoms with van der Waals surface area (Å²) in [6.07, 6.45) is -1.99. The number of aliphatic hydroxyl groups is 1. The van der Waals surface area contributed by atoms with Crippen LogP contribution >= 0.6 is 0 Å². The molecule has 10 heteroatoms. The van der Waals surface area contributed by atoms with Gasteiger partial charge < -0.3 is 25.0 Å². The van der Waals surface area contributed by atoms with Gasteiger partial charge in [0.1, 0.15) is 12.3 Å². The first-order valence-corrected chi connectivity index (χ1v) is 11.8. The largest absolute Gasteiger partial charge is 0.481 e. The first-order valence-electron chi connectivity index (χ1n) is 11.8. The highest BCUT2D eigenvalue weighted by Crippen LogP contribution is 2.15. The van der Waals surface area contributed by atoms with Crippen LogP contribution in [-0.2, 0) is 41.5 Å². The van der Waals surface area contributed by atoms with Crippen LogP contribution in [0.5, 0.6) is 0 Å². The zero-order chi connectivity index (χ0) is 27.4. The number of rotatable bonds is 13. The Morgan fingerprint density at radius 1 is 0.838 bits per heavy atom.